The second-order valence-electron chi connectivity index (χ2n) is 7.46. The first kappa shape index (κ1) is 16.2. The molecule has 1 atom stereocenters. The zero-order chi connectivity index (χ0) is 18.2. The van der Waals surface area contributed by atoms with Gasteiger partial charge in [0.15, 0.2) is 0 Å². The average Bonchev–Trinajstić information content (AvgIpc) is 3.06. The summed E-state index contributed by atoms with van der Waals surface area (Å²) < 4.78 is 2.18. The van der Waals surface area contributed by atoms with Crippen molar-refractivity contribution >= 4 is 0 Å². The lowest BCUT2D eigenvalue weighted by Crippen LogP contribution is -2.46. The van der Waals surface area contributed by atoms with Gasteiger partial charge in [-0.15, -0.1) is 0 Å². The smallest absolute Gasteiger partial charge is 0.101 e. The van der Waals surface area contributed by atoms with E-state index in [2.05, 4.69) is 21.1 Å². The molecule has 0 spiro atoms. The van der Waals surface area contributed by atoms with Crippen molar-refractivity contribution < 1.29 is 0 Å². The number of rotatable bonds is 3. The number of fused-ring (bicyclic) bond motifs is 1. The van der Waals surface area contributed by atoms with Crippen molar-refractivity contribution in [1.82, 2.24) is 20.1 Å². The minimum Gasteiger partial charge on any atom is -0.306 e. The minimum atomic E-state index is 0.509. The lowest BCUT2D eigenvalue weighted by molar-refractivity contribution is 0.189. The number of aromatic nitrogens is 3. The van der Waals surface area contributed by atoms with Crippen molar-refractivity contribution in [3.05, 3.63) is 60.0 Å². The third kappa shape index (κ3) is 2.83. The number of hydrogen-bond donors (Lipinski definition) is 1. The van der Waals surface area contributed by atoms with E-state index < -0.39 is 0 Å². The molecule has 1 fully saturated rings. The van der Waals surface area contributed by atoms with Crippen molar-refractivity contribution in [3.63, 3.8) is 0 Å². The molecule has 0 saturated heterocycles. The van der Waals surface area contributed by atoms with Gasteiger partial charge in [-0.1, -0.05) is 18.6 Å². The van der Waals surface area contributed by atoms with E-state index in [0.29, 0.717) is 11.6 Å². The van der Waals surface area contributed by atoms with Crippen LogP contribution in [0.15, 0.2) is 48.8 Å². The highest BCUT2D eigenvalue weighted by Gasteiger charge is 2.32. The molecule has 1 aromatic carbocycles. The Morgan fingerprint density at radius 1 is 1.11 bits per heavy atom. The highest BCUT2D eigenvalue weighted by atomic mass is 15.3. The average molecular weight is 355 g/mol. The first-order valence-corrected chi connectivity index (χ1v) is 9.57. The summed E-state index contributed by atoms with van der Waals surface area (Å²) in [5, 5.41) is 18.0. The highest BCUT2D eigenvalue weighted by Crippen LogP contribution is 2.38. The van der Waals surface area contributed by atoms with E-state index in [1.165, 1.54) is 25.0 Å². The molecule has 3 aromatic rings. The first-order valence-electron chi connectivity index (χ1n) is 9.57. The second-order valence-corrected chi connectivity index (χ2v) is 7.46. The Kier molecular flexibility index (Phi) is 3.99. The number of nitriles is 1. The Labute approximate surface area is 158 Å². The fraction of sp³-hybridized carbons (Fsp3) is 0.318. The topological polar surface area (TPSA) is 66.5 Å². The molecule has 2 aromatic heterocycles. The van der Waals surface area contributed by atoms with Gasteiger partial charge in [-0.25, -0.2) is 0 Å². The summed E-state index contributed by atoms with van der Waals surface area (Å²) in [4.78, 5) is 4.17. The number of hydrogen-bond acceptors (Lipinski definition) is 4. The molecule has 0 unspecified atom stereocenters. The number of nitrogens with zero attached hydrogens (tertiary/aromatic N) is 4. The van der Waals surface area contributed by atoms with Crippen LogP contribution >= 0.6 is 0 Å². The maximum atomic E-state index is 9.29. The lowest BCUT2D eigenvalue weighted by atomic mass is 9.79. The molecule has 0 bridgehead atoms. The van der Waals surface area contributed by atoms with Gasteiger partial charge in [0.2, 0.25) is 0 Å². The van der Waals surface area contributed by atoms with Crippen LogP contribution in [0.3, 0.4) is 0 Å². The molecule has 1 N–H and O–H groups in total. The summed E-state index contributed by atoms with van der Waals surface area (Å²) in [6.45, 7) is 1.74. The van der Waals surface area contributed by atoms with Gasteiger partial charge in [-0.3, -0.25) is 9.67 Å². The fourth-order valence-corrected chi connectivity index (χ4v) is 4.22. The molecule has 1 aliphatic heterocycles. The van der Waals surface area contributed by atoms with Crippen molar-refractivity contribution in [2.45, 2.75) is 38.4 Å². The molecular formula is C22H21N5. The minimum absolute atomic E-state index is 0.509. The number of benzene rings is 1. The summed E-state index contributed by atoms with van der Waals surface area (Å²) >= 11 is 0. The van der Waals surface area contributed by atoms with Crippen LogP contribution < -0.4 is 5.32 Å². The quantitative estimate of drug-likeness (QED) is 0.777. The fourth-order valence-electron chi connectivity index (χ4n) is 4.22. The van der Waals surface area contributed by atoms with Gasteiger partial charge in [-0.2, -0.15) is 10.4 Å². The van der Waals surface area contributed by atoms with Crippen LogP contribution in [0.5, 0.6) is 0 Å². The summed E-state index contributed by atoms with van der Waals surface area (Å²) in [6.07, 6.45) is 7.64. The standard InChI is InChI=1S/C22H21N5/c23-12-15-3-1-6-18(11-15)22-21(17-7-9-24-10-8-17)20-13-25-19(14-27(20)26-22)16-4-2-5-16/h1,3,6-11,16,19,25H,2,4-5,13-14H2/t19-/m0/s1. The highest BCUT2D eigenvalue weighted by molar-refractivity contribution is 5.83. The van der Waals surface area contributed by atoms with Crippen LogP contribution in [-0.2, 0) is 13.1 Å². The van der Waals surface area contributed by atoms with Crippen LogP contribution in [0.2, 0.25) is 0 Å². The second kappa shape index (κ2) is 6.64. The molecule has 1 aliphatic carbocycles. The van der Waals surface area contributed by atoms with Gasteiger partial charge in [0.1, 0.15) is 5.69 Å². The number of pyridine rings is 1. The Hall–Kier alpha value is -2.97. The van der Waals surface area contributed by atoms with E-state index in [4.69, 9.17) is 5.10 Å². The number of nitrogens with one attached hydrogen (secondary N) is 1. The van der Waals surface area contributed by atoms with Crippen molar-refractivity contribution in [3.8, 4) is 28.5 Å². The van der Waals surface area contributed by atoms with Crippen molar-refractivity contribution in [2.75, 3.05) is 0 Å². The van der Waals surface area contributed by atoms with Gasteiger partial charge in [0.05, 0.1) is 23.9 Å². The Balaban J connectivity index is 1.64. The van der Waals surface area contributed by atoms with E-state index in [9.17, 15) is 5.26 Å². The Bertz CT molecular complexity index is 1010. The van der Waals surface area contributed by atoms with Crippen LogP contribution in [0.1, 0.15) is 30.5 Å². The summed E-state index contributed by atoms with van der Waals surface area (Å²) in [6, 6.07) is 14.5. The predicted octanol–water partition coefficient (Wildman–Crippen LogP) is 3.76. The molecule has 1 saturated carbocycles. The van der Waals surface area contributed by atoms with Crippen LogP contribution in [0.25, 0.3) is 22.4 Å². The van der Waals surface area contributed by atoms with E-state index in [1.54, 1.807) is 0 Å². The van der Waals surface area contributed by atoms with Crippen molar-refractivity contribution in [1.29, 1.82) is 5.26 Å². The maximum absolute atomic E-state index is 9.29. The molecule has 3 heterocycles. The lowest BCUT2D eigenvalue weighted by Gasteiger charge is -2.37. The molecule has 0 amide bonds. The summed E-state index contributed by atoms with van der Waals surface area (Å²) in [7, 11) is 0. The molecule has 134 valence electrons. The van der Waals surface area contributed by atoms with Gasteiger partial charge in [0.25, 0.3) is 0 Å². The molecular weight excluding hydrogens is 334 g/mol. The maximum Gasteiger partial charge on any atom is 0.101 e. The normalized spacial score (nSPS) is 19.1. The zero-order valence-electron chi connectivity index (χ0n) is 15.1. The molecule has 5 heteroatoms. The third-order valence-electron chi connectivity index (χ3n) is 5.91. The molecule has 5 nitrogen and oxygen atoms in total. The monoisotopic (exact) mass is 355 g/mol. The van der Waals surface area contributed by atoms with E-state index in [1.807, 2.05) is 48.8 Å². The van der Waals surface area contributed by atoms with Gasteiger partial charge in [-0.05, 0) is 48.6 Å². The molecule has 2 aliphatic rings. The Morgan fingerprint density at radius 3 is 2.70 bits per heavy atom. The predicted molar refractivity (Wildman–Crippen MR) is 104 cm³/mol. The zero-order valence-corrected chi connectivity index (χ0v) is 15.1. The third-order valence-corrected chi connectivity index (χ3v) is 5.91. The Morgan fingerprint density at radius 2 is 1.96 bits per heavy atom. The SMILES string of the molecule is N#Cc1cccc(-c2nn3c(c2-c2ccncc2)CN[C@H](C2CCC2)C3)c1. The van der Waals surface area contributed by atoms with E-state index in [0.717, 1.165) is 41.4 Å². The van der Waals surface area contributed by atoms with Gasteiger partial charge in [0, 0.05) is 36.1 Å². The molecule has 5 rings (SSSR count). The largest absolute Gasteiger partial charge is 0.306 e. The molecule has 0 radical (unpaired) electrons. The van der Waals surface area contributed by atoms with E-state index >= 15 is 0 Å². The summed E-state index contributed by atoms with van der Waals surface area (Å²) in [5.74, 6) is 0.775. The van der Waals surface area contributed by atoms with Gasteiger partial charge >= 0.3 is 0 Å². The molecule has 27 heavy (non-hydrogen) atoms. The van der Waals surface area contributed by atoms with Crippen LogP contribution in [-0.4, -0.2) is 20.8 Å². The summed E-state index contributed by atoms with van der Waals surface area (Å²) in [5.41, 5.74) is 6.07. The van der Waals surface area contributed by atoms with Crippen LogP contribution in [0, 0.1) is 17.2 Å². The van der Waals surface area contributed by atoms with Crippen LogP contribution in [0.4, 0.5) is 0 Å². The van der Waals surface area contributed by atoms with E-state index in [-0.39, 0.29) is 0 Å². The first-order chi connectivity index (χ1) is 13.3. The van der Waals surface area contributed by atoms with Gasteiger partial charge < -0.3 is 5.32 Å². The van der Waals surface area contributed by atoms with Crippen molar-refractivity contribution in [2.24, 2.45) is 5.92 Å².